The summed E-state index contributed by atoms with van der Waals surface area (Å²) in [5.41, 5.74) is 0. The van der Waals surface area contributed by atoms with Crippen molar-refractivity contribution in [2.24, 2.45) is 5.92 Å². The largest absolute Gasteiger partial charge is 0.469 e. The fourth-order valence-corrected chi connectivity index (χ4v) is 3.31. The molecule has 0 bridgehead atoms. The van der Waals surface area contributed by atoms with Crippen molar-refractivity contribution in [2.75, 3.05) is 7.11 Å². The van der Waals surface area contributed by atoms with Crippen molar-refractivity contribution in [3.05, 3.63) is 10.1 Å². The molecule has 0 spiro atoms. The summed E-state index contributed by atoms with van der Waals surface area (Å²) in [4.78, 5) is 34.1. The molecule has 0 aliphatic carbocycles. The van der Waals surface area contributed by atoms with Gasteiger partial charge in [-0.1, -0.05) is 58.3 Å². The number of unbranched alkanes of at least 4 members (excludes halogenated alkanes) is 8. The zero-order valence-corrected chi connectivity index (χ0v) is 17.5. The predicted octanol–water partition coefficient (Wildman–Crippen LogP) is 5.49. The monoisotopic (exact) mass is 385 g/mol. The molecule has 0 aromatic rings. The van der Waals surface area contributed by atoms with Crippen LogP contribution in [0, 0.1) is 16.0 Å². The minimum atomic E-state index is -0.662. The predicted molar refractivity (Wildman–Crippen MR) is 107 cm³/mol. The van der Waals surface area contributed by atoms with Crippen LogP contribution in [-0.4, -0.2) is 29.8 Å². The van der Waals surface area contributed by atoms with Crippen molar-refractivity contribution < 1.29 is 19.2 Å². The van der Waals surface area contributed by atoms with Crippen LogP contribution in [0.1, 0.15) is 104 Å². The fourth-order valence-electron chi connectivity index (χ4n) is 3.31. The lowest BCUT2D eigenvalue weighted by molar-refractivity contribution is -0.527. The second kappa shape index (κ2) is 16.7. The molecule has 27 heavy (non-hydrogen) atoms. The van der Waals surface area contributed by atoms with Crippen molar-refractivity contribution in [2.45, 2.75) is 110 Å². The standard InChI is InChI=1S/C21H39NO5/c1-4-5-6-12-15-20(23)17-19(18(2)22(25)26)14-11-9-7-8-10-13-16-21(24)27-3/h18-19H,4-17H2,1-3H3. The number of Topliss-reactive ketones (excluding diaryl/α,β-unsaturated/α-hetero) is 1. The molecular weight excluding hydrogens is 346 g/mol. The number of carbonyl (C=O) groups is 2. The van der Waals surface area contributed by atoms with Gasteiger partial charge in [0.25, 0.3) is 0 Å². The zero-order chi connectivity index (χ0) is 20.5. The Morgan fingerprint density at radius 1 is 0.926 bits per heavy atom. The molecule has 0 saturated carbocycles. The molecule has 0 N–H and O–H groups in total. The number of ketones is 1. The molecule has 2 atom stereocenters. The summed E-state index contributed by atoms with van der Waals surface area (Å²) >= 11 is 0. The Labute approximate surface area is 164 Å². The number of esters is 1. The molecular formula is C21H39NO5. The van der Waals surface area contributed by atoms with Gasteiger partial charge in [-0.05, 0) is 19.3 Å². The highest BCUT2D eigenvalue weighted by atomic mass is 16.6. The van der Waals surface area contributed by atoms with Crippen LogP contribution in [-0.2, 0) is 14.3 Å². The Hall–Kier alpha value is -1.46. The molecule has 0 amide bonds. The third-order valence-electron chi connectivity index (χ3n) is 5.25. The van der Waals surface area contributed by atoms with Crippen molar-refractivity contribution in [3.63, 3.8) is 0 Å². The number of rotatable bonds is 18. The maximum atomic E-state index is 12.2. The van der Waals surface area contributed by atoms with Crippen molar-refractivity contribution >= 4 is 11.8 Å². The molecule has 0 heterocycles. The summed E-state index contributed by atoms with van der Waals surface area (Å²) in [7, 11) is 1.40. The fraction of sp³-hybridized carbons (Fsp3) is 0.905. The van der Waals surface area contributed by atoms with Gasteiger partial charge >= 0.3 is 5.97 Å². The number of ether oxygens (including phenoxy) is 1. The van der Waals surface area contributed by atoms with Gasteiger partial charge < -0.3 is 4.74 Å². The molecule has 0 saturated heterocycles. The first-order valence-electron chi connectivity index (χ1n) is 10.6. The minimum absolute atomic E-state index is 0.155. The molecule has 0 aliphatic heterocycles. The van der Waals surface area contributed by atoms with Crippen LogP contribution < -0.4 is 0 Å². The molecule has 0 aromatic heterocycles. The second-order valence-electron chi connectivity index (χ2n) is 7.58. The molecule has 0 fully saturated rings. The Bertz CT molecular complexity index is 425. The first kappa shape index (κ1) is 25.5. The quantitative estimate of drug-likeness (QED) is 0.135. The molecule has 2 unspecified atom stereocenters. The molecule has 0 radical (unpaired) electrons. The number of hydrogen-bond donors (Lipinski definition) is 0. The minimum Gasteiger partial charge on any atom is -0.469 e. The van der Waals surface area contributed by atoms with Crippen LogP contribution >= 0.6 is 0 Å². The highest BCUT2D eigenvalue weighted by Crippen LogP contribution is 2.22. The molecule has 6 heteroatoms. The van der Waals surface area contributed by atoms with E-state index in [1.54, 1.807) is 6.92 Å². The molecule has 6 nitrogen and oxygen atoms in total. The zero-order valence-electron chi connectivity index (χ0n) is 17.5. The molecule has 0 rings (SSSR count). The molecule has 158 valence electrons. The van der Waals surface area contributed by atoms with Gasteiger partial charge in [0.1, 0.15) is 5.78 Å². The van der Waals surface area contributed by atoms with Gasteiger partial charge in [0.15, 0.2) is 0 Å². The van der Waals surface area contributed by atoms with Gasteiger partial charge in [0.2, 0.25) is 6.04 Å². The van der Waals surface area contributed by atoms with E-state index in [0.29, 0.717) is 19.3 Å². The summed E-state index contributed by atoms with van der Waals surface area (Å²) in [6.45, 7) is 3.76. The van der Waals surface area contributed by atoms with Crippen LogP contribution in [0.15, 0.2) is 0 Å². The Balaban J connectivity index is 4.04. The van der Waals surface area contributed by atoms with Crippen molar-refractivity contribution in [1.82, 2.24) is 0 Å². The SMILES string of the molecule is CCCCCCC(=O)CC(CCCCCCCCC(=O)OC)C(C)[N+](=O)[O-]. The average molecular weight is 386 g/mol. The number of nitrogens with zero attached hydrogens (tertiary/aromatic N) is 1. The summed E-state index contributed by atoms with van der Waals surface area (Å²) < 4.78 is 4.61. The van der Waals surface area contributed by atoms with Crippen LogP contribution in [0.3, 0.4) is 0 Å². The smallest absolute Gasteiger partial charge is 0.305 e. The van der Waals surface area contributed by atoms with Crippen molar-refractivity contribution in [1.29, 1.82) is 0 Å². The third kappa shape index (κ3) is 14.3. The van der Waals surface area contributed by atoms with E-state index < -0.39 is 6.04 Å². The van der Waals surface area contributed by atoms with E-state index in [1.165, 1.54) is 7.11 Å². The number of hydrogen-bond acceptors (Lipinski definition) is 5. The maximum Gasteiger partial charge on any atom is 0.305 e. The van der Waals surface area contributed by atoms with Crippen LogP contribution in [0.2, 0.25) is 0 Å². The summed E-state index contributed by atoms with van der Waals surface area (Å²) in [6.07, 6.45) is 12.3. The average Bonchev–Trinajstić information content (AvgIpc) is 2.65. The van der Waals surface area contributed by atoms with E-state index in [9.17, 15) is 19.7 Å². The lowest BCUT2D eigenvalue weighted by Crippen LogP contribution is -2.28. The third-order valence-corrected chi connectivity index (χ3v) is 5.25. The van der Waals surface area contributed by atoms with Crippen LogP contribution in [0.4, 0.5) is 0 Å². The number of nitro groups is 1. The first-order chi connectivity index (χ1) is 12.9. The van der Waals surface area contributed by atoms with E-state index in [-0.39, 0.29) is 22.6 Å². The van der Waals surface area contributed by atoms with E-state index in [1.807, 2.05) is 0 Å². The van der Waals surface area contributed by atoms with Gasteiger partial charge in [-0.3, -0.25) is 19.7 Å². The van der Waals surface area contributed by atoms with Gasteiger partial charge in [-0.2, -0.15) is 0 Å². The van der Waals surface area contributed by atoms with Gasteiger partial charge in [-0.25, -0.2) is 0 Å². The molecule has 0 aliphatic rings. The van der Waals surface area contributed by atoms with E-state index >= 15 is 0 Å². The Morgan fingerprint density at radius 2 is 1.48 bits per heavy atom. The van der Waals surface area contributed by atoms with Gasteiger partial charge in [-0.15, -0.1) is 0 Å². The summed E-state index contributed by atoms with van der Waals surface area (Å²) in [5, 5.41) is 11.2. The van der Waals surface area contributed by atoms with E-state index in [4.69, 9.17) is 0 Å². The van der Waals surface area contributed by atoms with Gasteiger partial charge in [0, 0.05) is 37.0 Å². The lowest BCUT2D eigenvalue weighted by atomic mass is 9.88. The Morgan fingerprint density at radius 3 is 2.07 bits per heavy atom. The van der Waals surface area contributed by atoms with E-state index in [0.717, 1.165) is 70.6 Å². The Kier molecular flexibility index (Phi) is 15.8. The van der Waals surface area contributed by atoms with Crippen molar-refractivity contribution in [3.8, 4) is 0 Å². The summed E-state index contributed by atoms with van der Waals surface area (Å²) in [5.74, 6) is -0.142. The van der Waals surface area contributed by atoms with Crippen LogP contribution in [0.5, 0.6) is 0 Å². The summed E-state index contributed by atoms with van der Waals surface area (Å²) in [6, 6.07) is -0.662. The number of carbonyl (C=O) groups excluding carboxylic acids is 2. The normalized spacial score (nSPS) is 13.1. The second-order valence-corrected chi connectivity index (χ2v) is 7.58. The number of methoxy groups -OCH3 is 1. The highest BCUT2D eigenvalue weighted by Gasteiger charge is 2.28. The highest BCUT2D eigenvalue weighted by molar-refractivity contribution is 5.78. The topological polar surface area (TPSA) is 86.5 Å². The van der Waals surface area contributed by atoms with Crippen LogP contribution in [0.25, 0.3) is 0 Å². The van der Waals surface area contributed by atoms with Gasteiger partial charge in [0.05, 0.1) is 7.11 Å². The lowest BCUT2D eigenvalue weighted by Gasteiger charge is -2.17. The molecule has 0 aromatic carbocycles. The maximum absolute atomic E-state index is 12.2. The first-order valence-corrected chi connectivity index (χ1v) is 10.6. The van der Waals surface area contributed by atoms with E-state index in [2.05, 4.69) is 11.7 Å².